The summed E-state index contributed by atoms with van der Waals surface area (Å²) in [5, 5.41) is 18.7. The number of aliphatic hydroxyl groups excluding tert-OH is 1. The highest BCUT2D eigenvalue weighted by Gasteiger charge is 2.44. The number of hydrogen-bond donors (Lipinski definition) is 4. The van der Waals surface area contributed by atoms with Crippen LogP contribution in [0.5, 0.6) is 0 Å². The van der Waals surface area contributed by atoms with Crippen LogP contribution in [0.4, 0.5) is 0 Å². The Hall–Kier alpha value is -4.16. The van der Waals surface area contributed by atoms with Crippen LogP contribution >= 0.6 is 11.3 Å². The van der Waals surface area contributed by atoms with Gasteiger partial charge in [0, 0.05) is 25.4 Å². The lowest BCUT2D eigenvalue weighted by molar-refractivity contribution is -0.144. The first-order valence-corrected chi connectivity index (χ1v) is 15.0. The minimum atomic E-state index is -1.00. The van der Waals surface area contributed by atoms with Gasteiger partial charge in [-0.25, -0.2) is 4.98 Å². The number of nitrogens with one attached hydrogen (secondary N) is 3. The fraction of sp³-hybridized carbons (Fsp3) is 0.419. The lowest BCUT2D eigenvalue weighted by Crippen LogP contribution is -2.58. The second-order valence-corrected chi connectivity index (χ2v) is 12.7. The van der Waals surface area contributed by atoms with Crippen LogP contribution in [0.25, 0.3) is 10.4 Å². The zero-order valence-corrected chi connectivity index (χ0v) is 25.8. The minimum absolute atomic E-state index is 0.0333. The molecule has 0 aliphatic carbocycles. The molecule has 4 N–H and O–H groups in total. The van der Waals surface area contributed by atoms with E-state index in [1.54, 1.807) is 44.2 Å². The molecule has 2 aromatic heterocycles. The van der Waals surface area contributed by atoms with E-state index in [9.17, 15) is 24.3 Å². The molecule has 1 aliphatic rings. The molecule has 1 fully saturated rings. The summed E-state index contributed by atoms with van der Waals surface area (Å²) in [6.07, 6.45) is 2.12. The van der Waals surface area contributed by atoms with Crippen molar-refractivity contribution in [3.8, 4) is 10.4 Å². The van der Waals surface area contributed by atoms with Crippen LogP contribution < -0.4 is 16.0 Å². The van der Waals surface area contributed by atoms with Gasteiger partial charge in [0.25, 0.3) is 5.91 Å². The van der Waals surface area contributed by atoms with Crippen molar-refractivity contribution in [2.75, 3.05) is 13.1 Å². The number of rotatable bonds is 9. The predicted molar refractivity (Wildman–Crippen MR) is 163 cm³/mol. The fourth-order valence-corrected chi connectivity index (χ4v) is 5.80. The number of nitrogens with zero attached hydrogens (tertiary/aromatic N) is 3. The van der Waals surface area contributed by atoms with E-state index >= 15 is 0 Å². The Labute approximate surface area is 255 Å². The van der Waals surface area contributed by atoms with E-state index in [0.29, 0.717) is 5.56 Å². The van der Waals surface area contributed by atoms with Crippen LogP contribution in [-0.4, -0.2) is 74.9 Å². The maximum atomic E-state index is 13.8. The molecule has 4 amide bonds. The Morgan fingerprint density at radius 2 is 1.84 bits per heavy atom. The summed E-state index contributed by atoms with van der Waals surface area (Å²) in [6.45, 7) is 8.83. The molecule has 228 valence electrons. The third-order valence-corrected chi connectivity index (χ3v) is 8.37. The first-order valence-electron chi connectivity index (χ1n) is 14.1. The van der Waals surface area contributed by atoms with E-state index in [-0.39, 0.29) is 31.5 Å². The normalized spacial score (nSPS) is 18.0. The Morgan fingerprint density at radius 3 is 2.44 bits per heavy atom. The molecule has 1 aliphatic heterocycles. The summed E-state index contributed by atoms with van der Waals surface area (Å²) in [6, 6.07) is 8.81. The summed E-state index contributed by atoms with van der Waals surface area (Å²) in [5.74, 6) is -1.89. The van der Waals surface area contributed by atoms with E-state index in [2.05, 4.69) is 25.9 Å². The molecule has 12 heteroatoms. The Kier molecular flexibility index (Phi) is 9.92. The quantitative estimate of drug-likeness (QED) is 0.292. The molecule has 3 heterocycles. The van der Waals surface area contributed by atoms with E-state index in [1.165, 1.54) is 17.3 Å². The number of hydrogen-bond acceptors (Lipinski definition) is 8. The van der Waals surface area contributed by atoms with Crippen LogP contribution in [0.2, 0.25) is 0 Å². The van der Waals surface area contributed by atoms with Gasteiger partial charge in [-0.3, -0.25) is 24.2 Å². The van der Waals surface area contributed by atoms with Crippen molar-refractivity contribution < 1.29 is 24.3 Å². The number of aryl methyl sites for hydroxylation is 1. The molecule has 0 bridgehead atoms. The second-order valence-electron chi connectivity index (χ2n) is 11.8. The molecule has 0 spiro atoms. The van der Waals surface area contributed by atoms with Crippen molar-refractivity contribution in [3.05, 3.63) is 71.1 Å². The fourth-order valence-electron chi connectivity index (χ4n) is 4.99. The largest absolute Gasteiger partial charge is 0.391 e. The predicted octanol–water partition coefficient (Wildman–Crippen LogP) is 2.61. The van der Waals surface area contributed by atoms with Crippen LogP contribution in [0.15, 0.2) is 54.3 Å². The standard InChI is InChI=1S/C31H38N6O5S/c1-18(20-8-10-21(11-9-20)26-19(2)34-17-43-26)35-29(41)24-13-23(38)16-37(24)30(42)27(31(3,4)5)36-25(39)15-33-28(40)22-7-6-12-32-14-22/h6-12,14,17-18,23-24,27,38H,13,15-16H2,1-5H3,(H,33,40)(H,35,41)(H,36,39)/t18-,23+,24-,27+/m0/s1. The van der Waals surface area contributed by atoms with E-state index in [1.807, 2.05) is 43.6 Å². The average molecular weight is 607 g/mol. The maximum Gasteiger partial charge on any atom is 0.253 e. The number of pyridine rings is 1. The zero-order valence-electron chi connectivity index (χ0n) is 25.0. The molecule has 11 nitrogen and oxygen atoms in total. The smallest absolute Gasteiger partial charge is 0.253 e. The van der Waals surface area contributed by atoms with Crippen LogP contribution in [-0.2, 0) is 14.4 Å². The number of benzene rings is 1. The average Bonchev–Trinajstić information content (AvgIpc) is 3.59. The summed E-state index contributed by atoms with van der Waals surface area (Å²) in [4.78, 5) is 63.0. The molecule has 4 atom stereocenters. The van der Waals surface area contributed by atoms with Crippen molar-refractivity contribution in [1.29, 1.82) is 0 Å². The summed E-state index contributed by atoms with van der Waals surface area (Å²) < 4.78 is 0. The highest BCUT2D eigenvalue weighted by molar-refractivity contribution is 7.13. The van der Waals surface area contributed by atoms with Gasteiger partial charge in [0.05, 0.1) is 40.3 Å². The molecule has 0 saturated carbocycles. The Balaban J connectivity index is 1.40. The van der Waals surface area contributed by atoms with Crippen molar-refractivity contribution in [3.63, 3.8) is 0 Å². The first-order chi connectivity index (χ1) is 20.3. The number of carbonyl (C=O) groups is 4. The SMILES string of the molecule is Cc1ncsc1-c1ccc([C@H](C)NC(=O)[C@@H]2C[C@@H](O)CN2C(=O)[C@@H](NC(=O)CNC(=O)c2cccnc2)C(C)(C)C)cc1. The minimum Gasteiger partial charge on any atom is -0.391 e. The second kappa shape index (κ2) is 13.4. The highest BCUT2D eigenvalue weighted by Crippen LogP contribution is 2.29. The number of aromatic nitrogens is 2. The molecule has 1 saturated heterocycles. The van der Waals surface area contributed by atoms with Crippen LogP contribution in [0.1, 0.15) is 61.8 Å². The van der Waals surface area contributed by atoms with Gasteiger partial charge < -0.3 is 26.0 Å². The van der Waals surface area contributed by atoms with Crippen LogP contribution in [0.3, 0.4) is 0 Å². The van der Waals surface area contributed by atoms with Crippen molar-refractivity contribution in [1.82, 2.24) is 30.8 Å². The number of aliphatic hydroxyl groups is 1. The third kappa shape index (κ3) is 7.82. The van der Waals surface area contributed by atoms with Crippen molar-refractivity contribution in [2.24, 2.45) is 5.41 Å². The summed E-state index contributed by atoms with van der Waals surface area (Å²) in [7, 11) is 0. The number of thiazole rings is 1. The van der Waals surface area contributed by atoms with E-state index in [0.717, 1.165) is 21.7 Å². The molecular weight excluding hydrogens is 568 g/mol. The molecule has 3 aromatic rings. The monoisotopic (exact) mass is 606 g/mol. The van der Waals surface area contributed by atoms with Crippen molar-refractivity contribution >= 4 is 35.0 Å². The molecule has 0 radical (unpaired) electrons. The lowest BCUT2D eigenvalue weighted by atomic mass is 9.85. The van der Waals surface area contributed by atoms with Gasteiger partial charge in [-0.2, -0.15) is 0 Å². The van der Waals surface area contributed by atoms with Crippen molar-refractivity contribution in [2.45, 2.75) is 65.3 Å². The van der Waals surface area contributed by atoms with Gasteiger partial charge in [-0.05, 0) is 42.5 Å². The zero-order chi connectivity index (χ0) is 31.3. The van der Waals surface area contributed by atoms with Gasteiger partial charge in [-0.15, -0.1) is 11.3 Å². The Morgan fingerprint density at radius 1 is 1.12 bits per heavy atom. The topological polar surface area (TPSA) is 154 Å². The van der Waals surface area contributed by atoms with Gasteiger partial charge in [-0.1, -0.05) is 45.0 Å². The van der Waals surface area contributed by atoms with Gasteiger partial charge in [0.15, 0.2) is 0 Å². The molecular formula is C31H38N6O5S. The van der Waals surface area contributed by atoms with Gasteiger partial charge in [0.1, 0.15) is 12.1 Å². The first kappa shape index (κ1) is 31.8. The van der Waals surface area contributed by atoms with Crippen LogP contribution in [0, 0.1) is 12.3 Å². The third-order valence-electron chi connectivity index (χ3n) is 7.39. The summed E-state index contributed by atoms with van der Waals surface area (Å²) >= 11 is 1.57. The number of carbonyl (C=O) groups excluding carboxylic acids is 4. The highest BCUT2D eigenvalue weighted by atomic mass is 32.1. The van der Waals surface area contributed by atoms with Gasteiger partial charge >= 0.3 is 0 Å². The van der Waals surface area contributed by atoms with E-state index < -0.39 is 41.3 Å². The molecule has 4 rings (SSSR count). The van der Waals surface area contributed by atoms with Gasteiger partial charge in [0.2, 0.25) is 17.7 Å². The molecule has 0 unspecified atom stereocenters. The lowest BCUT2D eigenvalue weighted by Gasteiger charge is -2.35. The van der Waals surface area contributed by atoms with E-state index in [4.69, 9.17) is 0 Å². The molecule has 43 heavy (non-hydrogen) atoms. The Bertz CT molecular complexity index is 1450. The number of β-amino-alcohol motifs (C(OH)–C–C–N with tert-alkyl or cyclic N) is 1. The number of amides is 4. The number of likely N-dealkylation sites (tertiary alicyclic amines) is 1. The summed E-state index contributed by atoms with van der Waals surface area (Å²) in [5.41, 5.74) is 4.29. The molecule has 1 aromatic carbocycles. The maximum absolute atomic E-state index is 13.8.